The average Bonchev–Trinajstić information content (AvgIpc) is 3.41. The minimum Gasteiger partial charge on any atom is -0.460 e. The summed E-state index contributed by atoms with van der Waals surface area (Å²) in [6.45, 7) is 4.69. The van der Waals surface area contributed by atoms with Gasteiger partial charge >= 0.3 is 0 Å². The van der Waals surface area contributed by atoms with Crippen LogP contribution in [0.3, 0.4) is 0 Å². The van der Waals surface area contributed by atoms with Crippen LogP contribution in [0, 0.1) is 18.3 Å². The van der Waals surface area contributed by atoms with Crippen molar-refractivity contribution in [1.82, 2.24) is 10.6 Å². The molecule has 1 heterocycles. The van der Waals surface area contributed by atoms with E-state index in [1.807, 2.05) is 18.2 Å². The molecule has 0 aliphatic carbocycles. The zero-order valence-corrected chi connectivity index (χ0v) is 22.5. The molecular formula is C31H29ClN4O3. The molecule has 8 heteroatoms. The van der Waals surface area contributed by atoms with E-state index in [2.05, 4.69) is 48.7 Å². The number of furan rings is 1. The third kappa shape index (κ3) is 7.14. The lowest BCUT2D eigenvalue weighted by Crippen LogP contribution is -2.45. The van der Waals surface area contributed by atoms with Crippen LogP contribution in [0.4, 0.5) is 0 Å². The Morgan fingerprint density at radius 1 is 1.03 bits per heavy atom. The van der Waals surface area contributed by atoms with Gasteiger partial charge in [-0.1, -0.05) is 53.6 Å². The first kappa shape index (κ1) is 27.6. The van der Waals surface area contributed by atoms with Crippen LogP contribution in [0.2, 0.25) is 5.02 Å². The van der Waals surface area contributed by atoms with Crippen molar-refractivity contribution in [3.63, 3.8) is 0 Å². The smallest absolute Gasteiger partial charge is 0.253 e. The number of benzene rings is 3. The zero-order chi connectivity index (χ0) is 27.9. The molecule has 4 rings (SSSR count). The van der Waals surface area contributed by atoms with Gasteiger partial charge in [-0.3, -0.25) is 9.59 Å². The maximum Gasteiger partial charge on any atom is 0.253 e. The van der Waals surface area contributed by atoms with Crippen LogP contribution < -0.4 is 16.4 Å². The topological polar surface area (TPSA) is 121 Å². The Kier molecular flexibility index (Phi) is 8.82. The Bertz CT molecular complexity index is 1500. The van der Waals surface area contributed by atoms with Crippen LogP contribution in [0.15, 0.2) is 83.3 Å². The van der Waals surface area contributed by atoms with Gasteiger partial charge in [-0.25, -0.2) is 0 Å². The van der Waals surface area contributed by atoms with Gasteiger partial charge in [0.2, 0.25) is 5.91 Å². The number of carbonyl (C=O) groups is 2. The van der Waals surface area contributed by atoms with Crippen molar-refractivity contribution in [2.75, 3.05) is 0 Å². The summed E-state index contributed by atoms with van der Waals surface area (Å²) < 4.78 is 6.03. The van der Waals surface area contributed by atoms with Gasteiger partial charge in [0.05, 0.1) is 28.8 Å². The van der Waals surface area contributed by atoms with Gasteiger partial charge in [-0.15, -0.1) is 0 Å². The predicted molar refractivity (Wildman–Crippen MR) is 151 cm³/mol. The highest BCUT2D eigenvalue weighted by Crippen LogP contribution is 2.27. The molecular weight excluding hydrogens is 512 g/mol. The highest BCUT2D eigenvalue weighted by atomic mass is 35.5. The zero-order valence-electron chi connectivity index (χ0n) is 21.7. The molecule has 0 radical (unpaired) electrons. The number of nitrogens with one attached hydrogen (secondary N) is 2. The van der Waals surface area contributed by atoms with Gasteiger partial charge in [0, 0.05) is 18.0 Å². The van der Waals surface area contributed by atoms with E-state index < -0.39 is 17.9 Å². The number of nitriles is 1. The molecule has 4 N–H and O–H groups in total. The molecule has 0 aliphatic heterocycles. The summed E-state index contributed by atoms with van der Waals surface area (Å²) in [4.78, 5) is 25.2. The monoisotopic (exact) mass is 540 g/mol. The van der Waals surface area contributed by atoms with E-state index in [1.165, 1.54) is 11.1 Å². The third-order valence-corrected chi connectivity index (χ3v) is 6.82. The van der Waals surface area contributed by atoms with Crippen LogP contribution in [0.5, 0.6) is 0 Å². The van der Waals surface area contributed by atoms with E-state index in [9.17, 15) is 9.59 Å². The SMILES string of the molecule is Cc1ccc(C(C)NCc2ccc(-c3ccc(Cl)c(C(=O)NC(Cc4ccc(C#N)cc4)C(N)=O)c3)o2)cc1. The van der Waals surface area contributed by atoms with Crippen LogP contribution in [0.1, 0.15) is 51.3 Å². The second-order valence-corrected chi connectivity index (χ2v) is 9.82. The quantitative estimate of drug-likeness (QED) is 0.247. The number of amides is 2. The first-order valence-electron chi connectivity index (χ1n) is 12.5. The Morgan fingerprint density at radius 3 is 2.41 bits per heavy atom. The maximum absolute atomic E-state index is 13.1. The maximum atomic E-state index is 13.1. The van der Waals surface area contributed by atoms with E-state index in [1.54, 1.807) is 42.5 Å². The summed E-state index contributed by atoms with van der Waals surface area (Å²) in [6, 6.07) is 25.1. The molecule has 3 aromatic carbocycles. The lowest BCUT2D eigenvalue weighted by atomic mass is 10.0. The minimum atomic E-state index is -0.957. The lowest BCUT2D eigenvalue weighted by molar-refractivity contribution is -0.119. The number of hydrogen-bond donors (Lipinski definition) is 3. The highest BCUT2D eigenvalue weighted by molar-refractivity contribution is 6.34. The summed E-state index contributed by atoms with van der Waals surface area (Å²) in [7, 11) is 0. The van der Waals surface area contributed by atoms with Crippen molar-refractivity contribution < 1.29 is 14.0 Å². The largest absolute Gasteiger partial charge is 0.460 e. The summed E-state index contributed by atoms with van der Waals surface area (Å²) in [6.07, 6.45) is 0.180. The lowest BCUT2D eigenvalue weighted by Gasteiger charge is -2.16. The average molecular weight is 541 g/mol. The Hall–Kier alpha value is -4.38. The summed E-state index contributed by atoms with van der Waals surface area (Å²) in [5.74, 6) is 0.133. The fraction of sp³-hybridized carbons (Fsp3) is 0.194. The summed E-state index contributed by atoms with van der Waals surface area (Å²) in [5.41, 5.74) is 10.1. The number of rotatable bonds is 10. The number of aryl methyl sites for hydroxylation is 1. The van der Waals surface area contributed by atoms with E-state index in [-0.39, 0.29) is 23.0 Å². The Labute approximate surface area is 232 Å². The fourth-order valence-electron chi connectivity index (χ4n) is 4.12. The number of halogens is 1. The van der Waals surface area contributed by atoms with Crippen LogP contribution in [-0.4, -0.2) is 17.9 Å². The third-order valence-electron chi connectivity index (χ3n) is 6.49. The normalized spacial score (nSPS) is 12.4. The van der Waals surface area contributed by atoms with Crippen LogP contribution in [-0.2, 0) is 17.8 Å². The molecule has 0 bridgehead atoms. The molecule has 4 aromatic rings. The molecule has 0 saturated carbocycles. The molecule has 0 fully saturated rings. The number of nitrogens with zero attached hydrogens (tertiary/aromatic N) is 1. The van der Waals surface area contributed by atoms with Gasteiger partial charge in [-0.2, -0.15) is 5.26 Å². The Morgan fingerprint density at radius 2 is 1.74 bits per heavy atom. The van der Waals surface area contributed by atoms with Crippen molar-refractivity contribution >= 4 is 23.4 Å². The molecule has 39 heavy (non-hydrogen) atoms. The van der Waals surface area contributed by atoms with Crippen molar-refractivity contribution in [2.24, 2.45) is 5.73 Å². The molecule has 7 nitrogen and oxygen atoms in total. The first-order valence-corrected chi connectivity index (χ1v) is 12.9. The van der Waals surface area contributed by atoms with Crippen molar-refractivity contribution in [2.45, 2.75) is 38.9 Å². The van der Waals surface area contributed by atoms with Gasteiger partial charge in [-0.05, 0) is 67.4 Å². The fourth-order valence-corrected chi connectivity index (χ4v) is 4.32. The minimum absolute atomic E-state index is 0.146. The first-order chi connectivity index (χ1) is 18.7. The second kappa shape index (κ2) is 12.4. The van der Waals surface area contributed by atoms with Crippen molar-refractivity contribution in [3.05, 3.63) is 117 Å². The Balaban J connectivity index is 1.44. The molecule has 0 spiro atoms. The molecule has 0 saturated heterocycles. The number of carbonyl (C=O) groups excluding carboxylic acids is 2. The number of primary amides is 1. The summed E-state index contributed by atoms with van der Waals surface area (Å²) in [5, 5.41) is 15.3. The molecule has 2 atom stereocenters. The number of nitrogens with two attached hydrogens (primary N) is 1. The molecule has 2 amide bonds. The molecule has 198 valence electrons. The van der Waals surface area contributed by atoms with Crippen molar-refractivity contribution in [1.29, 1.82) is 5.26 Å². The van der Waals surface area contributed by atoms with Gasteiger partial charge in [0.25, 0.3) is 5.91 Å². The summed E-state index contributed by atoms with van der Waals surface area (Å²) >= 11 is 6.34. The van der Waals surface area contributed by atoms with Crippen molar-refractivity contribution in [3.8, 4) is 17.4 Å². The standard InChI is InChI=1S/C31H29ClN4O3/c1-19-3-9-23(10-4-19)20(2)35-18-25-12-14-29(39-25)24-11-13-27(32)26(16-24)31(38)36-28(30(34)37)15-21-5-7-22(17-33)8-6-21/h3-14,16,20,28,35H,15,18H2,1-2H3,(H2,34,37)(H,36,38). The number of hydrogen-bond acceptors (Lipinski definition) is 5. The second-order valence-electron chi connectivity index (χ2n) is 9.42. The van der Waals surface area contributed by atoms with E-state index in [4.69, 9.17) is 27.0 Å². The molecule has 0 aliphatic rings. The highest BCUT2D eigenvalue weighted by Gasteiger charge is 2.22. The van der Waals surface area contributed by atoms with E-state index >= 15 is 0 Å². The molecule has 2 unspecified atom stereocenters. The van der Waals surface area contributed by atoms with E-state index in [0.717, 1.165) is 11.3 Å². The van der Waals surface area contributed by atoms with Crippen LogP contribution >= 0.6 is 11.6 Å². The van der Waals surface area contributed by atoms with Crippen LogP contribution in [0.25, 0.3) is 11.3 Å². The predicted octanol–water partition coefficient (Wildman–Crippen LogP) is 5.46. The van der Waals surface area contributed by atoms with Gasteiger partial charge < -0.3 is 20.8 Å². The van der Waals surface area contributed by atoms with Gasteiger partial charge in [0.1, 0.15) is 17.6 Å². The molecule has 1 aromatic heterocycles. The van der Waals surface area contributed by atoms with Gasteiger partial charge in [0.15, 0.2) is 0 Å². The van der Waals surface area contributed by atoms with E-state index in [0.29, 0.717) is 23.4 Å².